The van der Waals surface area contributed by atoms with E-state index in [1.165, 1.54) is 38.8 Å². The second-order valence-corrected chi connectivity index (χ2v) is 7.93. The molecule has 1 saturated carbocycles. The standard InChI is InChI=1S/C18H34N4/c1-4-19-18(22-11-14(2)9-15(3)12-22)20-10-16-7-8-21(13-16)17-5-6-17/h14-17H,4-13H2,1-3H3,(H,19,20). The lowest BCUT2D eigenvalue weighted by Crippen LogP contribution is -2.48. The number of hydrogen-bond acceptors (Lipinski definition) is 2. The van der Waals surface area contributed by atoms with Crippen LogP contribution in [-0.2, 0) is 0 Å². The second-order valence-electron chi connectivity index (χ2n) is 7.93. The smallest absolute Gasteiger partial charge is 0.193 e. The average Bonchev–Trinajstić information content (AvgIpc) is 3.22. The summed E-state index contributed by atoms with van der Waals surface area (Å²) in [6, 6.07) is 0.922. The molecular weight excluding hydrogens is 272 g/mol. The van der Waals surface area contributed by atoms with Crippen molar-refractivity contribution in [3.05, 3.63) is 0 Å². The van der Waals surface area contributed by atoms with E-state index in [4.69, 9.17) is 4.99 Å². The van der Waals surface area contributed by atoms with Gasteiger partial charge in [0.25, 0.3) is 0 Å². The number of rotatable bonds is 4. The molecule has 3 atom stereocenters. The van der Waals surface area contributed by atoms with E-state index in [0.29, 0.717) is 0 Å². The van der Waals surface area contributed by atoms with Crippen molar-refractivity contribution in [3.8, 4) is 0 Å². The number of piperidine rings is 1. The maximum atomic E-state index is 5.01. The van der Waals surface area contributed by atoms with Gasteiger partial charge in [0.1, 0.15) is 0 Å². The first kappa shape index (κ1) is 16.1. The van der Waals surface area contributed by atoms with Gasteiger partial charge < -0.3 is 15.1 Å². The summed E-state index contributed by atoms with van der Waals surface area (Å²) in [6.07, 6.45) is 5.56. The zero-order valence-corrected chi connectivity index (χ0v) is 14.7. The average molecular weight is 306 g/mol. The van der Waals surface area contributed by atoms with E-state index in [-0.39, 0.29) is 0 Å². The van der Waals surface area contributed by atoms with Crippen LogP contribution in [0.25, 0.3) is 0 Å². The monoisotopic (exact) mass is 306 g/mol. The Morgan fingerprint density at radius 1 is 1.09 bits per heavy atom. The first-order chi connectivity index (χ1) is 10.7. The Balaban J connectivity index is 1.55. The largest absolute Gasteiger partial charge is 0.357 e. The predicted octanol–water partition coefficient (Wildman–Crippen LogP) is 2.41. The Bertz CT molecular complexity index is 381. The van der Waals surface area contributed by atoms with Crippen LogP contribution in [0, 0.1) is 17.8 Å². The Kier molecular flexibility index (Phi) is 5.27. The van der Waals surface area contributed by atoms with E-state index in [9.17, 15) is 0 Å². The van der Waals surface area contributed by atoms with Crippen LogP contribution in [0.2, 0.25) is 0 Å². The zero-order chi connectivity index (χ0) is 15.5. The van der Waals surface area contributed by atoms with Crippen molar-refractivity contribution in [2.75, 3.05) is 39.3 Å². The molecule has 0 radical (unpaired) electrons. The van der Waals surface area contributed by atoms with Gasteiger partial charge in [-0.05, 0) is 56.9 Å². The minimum Gasteiger partial charge on any atom is -0.357 e. The predicted molar refractivity (Wildman–Crippen MR) is 93.2 cm³/mol. The molecule has 0 aromatic carbocycles. The molecule has 0 aromatic heterocycles. The molecule has 126 valence electrons. The van der Waals surface area contributed by atoms with Crippen LogP contribution in [0.3, 0.4) is 0 Å². The fourth-order valence-corrected chi connectivity index (χ4v) is 4.26. The van der Waals surface area contributed by atoms with Crippen LogP contribution >= 0.6 is 0 Å². The summed E-state index contributed by atoms with van der Waals surface area (Å²) in [6.45, 7) is 13.8. The van der Waals surface area contributed by atoms with Crippen molar-refractivity contribution in [1.82, 2.24) is 15.1 Å². The quantitative estimate of drug-likeness (QED) is 0.639. The number of hydrogen-bond donors (Lipinski definition) is 1. The van der Waals surface area contributed by atoms with Gasteiger partial charge in [-0.15, -0.1) is 0 Å². The van der Waals surface area contributed by atoms with E-state index in [0.717, 1.165) is 55.9 Å². The maximum absolute atomic E-state index is 5.01. The first-order valence-corrected chi connectivity index (χ1v) is 9.43. The Labute approximate surface area is 136 Å². The van der Waals surface area contributed by atoms with E-state index < -0.39 is 0 Å². The van der Waals surface area contributed by atoms with Crippen molar-refractivity contribution in [3.63, 3.8) is 0 Å². The third kappa shape index (κ3) is 4.15. The summed E-state index contributed by atoms with van der Waals surface area (Å²) >= 11 is 0. The minimum absolute atomic E-state index is 0.772. The summed E-state index contributed by atoms with van der Waals surface area (Å²) in [5, 5.41) is 3.53. The van der Waals surface area contributed by atoms with Crippen molar-refractivity contribution in [2.45, 2.75) is 52.5 Å². The van der Waals surface area contributed by atoms with Gasteiger partial charge in [-0.2, -0.15) is 0 Å². The van der Waals surface area contributed by atoms with Gasteiger partial charge in [0, 0.05) is 38.8 Å². The summed E-state index contributed by atoms with van der Waals surface area (Å²) < 4.78 is 0. The van der Waals surface area contributed by atoms with E-state index >= 15 is 0 Å². The maximum Gasteiger partial charge on any atom is 0.193 e. The van der Waals surface area contributed by atoms with Gasteiger partial charge in [0.15, 0.2) is 5.96 Å². The third-order valence-electron chi connectivity index (χ3n) is 5.38. The van der Waals surface area contributed by atoms with Crippen LogP contribution in [0.5, 0.6) is 0 Å². The van der Waals surface area contributed by atoms with Crippen molar-refractivity contribution in [2.24, 2.45) is 22.7 Å². The SMILES string of the molecule is CCNC(=NCC1CCN(C2CC2)C1)N1CC(C)CC(C)C1. The van der Waals surface area contributed by atoms with Crippen LogP contribution in [0.4, 0.5) is 0 Å². The highest BCUT2D eigenvalue weighted by Crippen LogP contribution is 2.31. The van der Waals surface area contributed by atoms with Gasteiger partial charge in [0.2, 0.25) is 0 Å². The minimum atomic E-state index is 0.772. The Morgan fingerprint density at radius 2 is 1.82 bits per heavy atom. The topological polar surface area (TPSA) is 30.9 Å². The summed E-state index contributed by atoms with van der Waals surface area (Å²) in [4.78, 5) is 10.2. The highest BCUT2D eigenvalue weighted by Gasteiger charge is 2.34. The van der Waals surface area contributed by atoms with Crippen molar-refractivity contribution < 1.29 is 0 Å². The highest BCUT2D eigenvalue weighted by atomic mass is 15.3. The lowest BCUT2D eigenvalue weighted by Gasteiger charge is -2.37. The van der Waals surface area contributed by atoms with E-state index in [2.05, 4.69) is 35.9 Å². The molecule has 1 aliphatic carbocycles. The Hall–Kier alpha value is -0.770. The molecule has 4 nitrogen and oxygen atoms in total. The summed E-state index contributed by atoms with van der Waals surface area (Å²) in [5.41, 5.74) is 0. The molecule has 0 bridgehead atoms. The second kappa shape index (κ2) is 7.20. The Morgan fingerprint density at radius 3 is 2.45 bits per heavy atom. The van der Waals surface area contributed by atoms with Gasteiger partial charge in [-0.3, -0.25) is 4.99 Å². The molecule has 1 N–H and O–H groups in total. The summed E-state index contributed by atoms with van der Waals surface area (Å²) in [5.74, 6) is 3.49. The molecule has 4 heteroatoms. The van der Waals surface area contributed by atoms with Gasteiger partial charge in [-0.25, -0.2) is 0 Å². The number of likely N-dealkylation sites (tertiary alicyclic amines) is 2. The lowest BCUT2D eigenvalue weighted by molar-refractivity contribution is 0.208. The molecule has 0 spiro atoms. The van der Waals surface area contributed by atoms with Crippen LogP contribution < -0.4 is 5.32 Å². The molecule has 3 aliphatic rings. The number of nitrogens with zero attached hydrogens (tertiary/aromatic N) is 3. The van der Waals surface area contributed by atoms with Gasteiger partial charge >= 0.3 is 0 Å². The van der Waals surface area contributed by atoms with Crippen molar-refractivity contribution in [1.29, 1.82) is 0 Å². The van der Waals surface area contributed by atoms with Crippen molar-refractivity contribution >= 4 is 5.96 Å². The lowest BCUT2D eigenvalue weighted by atomic mass is 9.92. The molecule has 3 fully saturated rings. The molecule has 3 unspecified atom stereocenters. The molecular formula is C18H34N4. The molecule has 0 amide bonds. The molecule has 0 aromatic rings. The summed E-state index contributed by atoms with van der Waals surface area (Å²) in [7, 11) is 0. The number of guanidine groups is 1. The van der Waals surface area contributed by atoms with E-state index in [1.807, 2.05) is 0 Å². The number of aliphatic imine (C=N–C) groups is 1. The highest BCUT2D eigenvalue weighted by molar-refractivity contribution is 5.80. The zero-order valence-electron chi connectivity index (χ0n) is 14.7. The molecule has 2 saturated heterocycles. The molecule has 22 heavy (non-hydrogen) atoms. The molecule has 2 aliphatic heterocycles. The van der Waals surface area contributed by atoms with Crippen LogP contribution in [0.1, 0.15) is 46.5 Å². The van der Waals surface area contributed by atoms with Crippen LogP contribution in [0.15, 0.2) is 4.99 Å². The first-order valence-electron chi connectivity index (χ1n) is 9.43. The van der Waals surface area contributed by atoms with E-state index in [1.54, 1.807) is 0 Å². The third-order valence-corrected chi connectivity index (χ3v) is 5.38. The molecule has 2 heterocycles. The van der Waals surface area contributed by atoms with Gasteiger partial charge in [-0.1, -0.05) is 13.8 Å². The van der Waals surface area contributed by atoms with Crippen LogP contribution in [-0.4, -0.2) is 61.1 Å². The van der Waals surface area contributed by atoms with Gasteiger partial charge in [0.05, 0.1) is 0 Å². The fraction of sp³-hybridized carbons (Fsp3) is 0.944. The molecule has 3 rings (SSSR count). The fourth-order valence-electron chi connectivity index (χ4n) is 4.26. The number of nitrogens with one attached hydrogen (secondary N) is 1. The normalized spacial score (nSPS) is 34.2.